The second kappa shape index (κ2) is 6.66. The predicted molar refractivity (Wildman–Crippen MR) is 71.6 cm³/mol. The van der Waals surface area contributed by atoms with Crippen molar-refractivity contribution in [3.8, 4) is 0 Å². The first-order chi connectivity index (χ1) is 7.61. The molecule has 0 aromatic heterocycles. The van der Waals surface area contributed by atoms with E-state index < -0.39 is 0 Å². The third-order valence-corrected chi connectivity index (χ3v) is 2.93. The summed E-state index contributed by atoms with van der Waals surface area (Å²) in [6, 6.07) is 8.30. The smallest absolute Gasteiger partial charge is 0.0918 e. The monoisotopic (exact) mass is 283 g/mol. The highest BCUT2D eigenvalue weighted by Crippen LogP contribution is 2.13. The zero-order chi connectivity index (χ0) is 12.0. The van der Waals surface area contributed by atoms with Gasteiger partial charge in [-0.25, -0.2) is 0 Å². The minimum atomic E-state index is 0.257. The molecule has 16 heavy (non-hydrogen) atoms. The predicted octanol–water partition coefficient (Wildman–Crippen LogP) is 2.60. The Morgan fingerprint density at radius 1 is 1.50 bits per heavy atom. The van der Waals surface area contributed by atoms with Crippen LogP contribution in [-0.4, -0.2) is 23.8 Å². The summed E-state index contributed by atoms with van der Waals surface area (Å²) in [5.74, 6) is 0.257. The number of benzene rings is 1. The average Bonchev–Trinajstić information content (AvgIpc) is 2.24. The summed E-state index contributed by atoms with van der Waals surface area (Å²) in [5, 5.41) is 7.22. The molecule has 0 amide bonds. The van der Waals surface area contributed by atoms with E-state index in [1.807, 2.05) is 12.1 Å². The van der Waals surface area contributed by atoms with Crippen molar-refractivity contribution in [2.45, 2.75) is 19.9 Å². The van der Waals surface area contributed by atoms with Gasteiger partial charge in [0.1, 0.15) is 0 Å². The molecule has 0 aliphatic rings. The lowest BCUT2D eigenvalue weighted by atomic mass is 10.2. The molecule has 3 nitrogen and oxygen atoms in total. The molecule has 0 saturated carbocycles. The highest BCUT2D eigenvalue weighted by atomic mass is 79.9. The Morgan fingerprint density at radius 3 is 2.81 bits per heavy atom. The summed E-state index contributed by atoms with van der Waals surface area (Å²) in [5.41, 5.74) is 6.64. The summed E-state index contributed by atoms with van der Waals surface area (Å²) >= 11 is 3.46. The first-order valence-corrected chi connectivity index (χ1v) is 6.20. The average molecular weight is 284 g/mol. The quantitative estimate of drug-likeness (QED) is 0.623. The maximum Gasteiger partial charge on any atom is 0.0918 e. The Balaban J connectivity index is 2.52. The van der Waals surface area contributed by atoms with E-state index in [2.05, 4.69) is 39.9 Å². The van der Waals surface area contributed by atoms with Gasteiger partial charge in [0.2, 0.25) is 0 Å². The fraction of sp³-hybridized carbons (Fsp3) is 0.417. The summed E-state index contributed by atoms with van der Waals surface area (Å²) in [7, 11) is 0. The number of halogens is 1. The van der Waals surface area contributed by atoms with Crippen LogP contribution < -0.4 is 5.73 Å². The van der Waals surface area contributed by atoms with E-state index in [9.17, 15) is 0 Å². The lowest BCUT2D eigenvalue weighted by molar-refractivity contribution is 0.288. The van der Waals surface area contributed by atoms with E-state index in [1.54, 1.807) is 0 Å². The van der Waals surface area contributed by atoms with Crippen molar-refractivity contribution < 1.29 is 0 Å². The van der Waals surface area contributed by atoms with Gasteiger partial charge in [-0.1, -0.05) is 35.0 Å². The second-order valence-electron chi connectivity index (χ2n) is 3.77. The number of nitrogens with zero attached hydrogens (tertiary/aromatic N) is 1. The first kappa shape index (κ1) is 13.2. The van der Waals surface area contributed by atoms with Crippen LogP contribution in [0.1, 0.15) is 18.9 Å². The zero-order valence-electron chi connectivity index (χ0n) is 9.54. The molecule has 0 saturated heterocycles. The molecule has 0 unspecified atom stereocenters. The molecule has 88 valence electrons. The van der Waals surface area contributed by atoms with Crippen LogP contribution in [0.15, 0.2) is 28.7 Å². The Morgan fingerprint density at radius 2 is 2.25 bits per heavy atom. The van der Waals surface area contributed by atoms with E-state index in [1.165, 1.54) is 5.56 Å². The summed E-state index contributed by atoms with van der Waals surface area (Å²) in [6.07, 6.45) is 0.641. The molecule has 1 aromatic carbocycles. The number of rotatable bonds is 6. The van der Waals surface area contributed by atoms with Gasteiger partial charge in [-0.2, -0.15) is 0 Å². The van der Waals surface area contributed by atoms with Crippen LogP contribution in [-0.2, 0) is 6.54 Å². The van der Waals surface area contributed by atoms with Crippen LogP contribution in [0.3, 0.4) is 0 Å². The van der Waals surface area contributed by atoms with Crippen molar-refractivity contribution in [1.82, 2.24) is 4.90 Å². The minimum Gasteiger partial charge on any atom is -0.388 e. The number of nitrogens with two attached hydrogens (primary N) is 1. The largest absolute Gasteiger partial charge is 0.388 e. The van der Waals surface area contributed by atoms with Gasteiger partial charge in [0.15, 0.2) is 0 Å². The maximum atomic E-state index is 7.22. The van der Waals surface area contributed by atoms with Gasteiger partial charge in [0.25, 0.3) is 0 Å². The number of amidine groups is 1. The highest BCUT2D eigenvalue weighted by Gasteiger charge is 2.04. The van der Waals surface area contributed by atoms with Crippen molar-refractivity contribution in [3.63, 3.8) is 0 Å². The van der Waals surface area contributed by atoms with Crippen LogP contribution in [0.4, 0.5) is 0 Å². The topological polar surface area (TPSA) is 53.1 Å². The Labute approximate surface area is 105 Å². The highest BCUT2D eigenvalue weighted by molar-refractivity contribution is 9.10. The molecule has 0 heterocycles. The van der Waals surface area contributed by atoms with Crippen molar-refractivity contribution in [3.05, 3.63) is 34.3 Å². The third kappa shape index (κ3) is 4.77. The van der Waals surface area contributed by atoms with Crippen molar-refractivity contribution >= 4 is 21.8 Å². The van der Waals surface area contributed by atoms with Gasteiger partial charge < -0.3 is 5.73 Å². The van der Waals surface area contributed by atoms with Crippen molar-refractivity contribution in [2.75, 3.05) is 13.1 Å². The van der Waals surface area contributed by atoms with Crippen LogP contribution >= 0.6 is 15.9 Å². The lowest BCUT2D eigenvalue weighted by Gasteiger charge is -2.20. The van der Waals surface area contributed by atoms with E-state index in [-0.39, 0.29) is 5.84 Å². The van der Waals surface area contributed by atoms with E-state index in [0.29, 0.717) is 6.42 Å². The van der Waals surface area contributed by atoms with Gasteiger partial charge in [-0.15, -0.1) is 0 Å². The number of hydrogen-bond donors (Lipinski definition) is 2. The molecule has 1 rings (SSSR count). The fourth-order valence-corrected chi connectivity index (χ4v) is 1.97. The van der Waals surface area contributed by atoms with Crippen molar-refractivity contribution in [2.24, 2.45) is 5.73 Å². The molecule has 0 spiro atoms. The molecule has 0 aliphatic carbocycles. The molecule has 0 fully saturated rings. The summed E-state index contributed by atoms with van der Waals surface area (Å²) < 4.78 is 1.10. The van der Waals surface area contributed by atoms with E-state index in [4.69, 9.17) is 11.1 Å². The maximum absolute atomic E-state index is 7.22. The van der Waals surface area contributed by atoms with Crippen molar-refractivity contribution in [1.29, 1.82) is 5.41 Å². The van der Waals surface area contributed by atoms with Gasteiger partial charge >= 0.3 is 0 Å². The van der Waals surface area contributed by atoms with Gasteiger partial charge in [-0.05, 0) is 24.2 Å². The molecular formula is C12H18BrN3. The SMILES string of the molecule is CCN(CCC(=N)N)Cc1cccc(Br)c1. The fourth-order valence-electron chi connectivity index (χ4n) is 1.52. The standard InChI is InChI=1S/C12H18BrN3/c1-2-16(7-6-12(14)15)9-10-4-3-5-11(13)8-10/h3-5,8H,2,6-7,9H2,1H3,(H3,14,15). The molecule has 3 N–H and O–H groups in total. The lowest BCUT2D eigenvalue weighted by Crippen LogP contribution is -2.27. The van der Waals surface area contributed by atoms with E-state index in [0.717, 1.165) is 24.1 Å². The molecule has 0 bridgehead atoms. The molecule has 0 atom stereocenters. The van der Waals surface area contributed by atoms with E-state index >= 15 is 0 Å². The summed E-state index contributed by atoms with van der Waals surface area (Å²) in [6.45, 7) is 4.85. The molecule has 4 heteroatoms. The second-order valence-corrected chi connectivity index (χ2v) is 4.69. The molecule has 1 aromatic rings. The first-order valence-electron chi connectivity index (χ1n) is 5.41. The van der Waals surface area contributed by atoms with Gasteiger partial charge in [-0.3, -0.25) is 10.3 Å². The molecule has 0 radical (unpaired) electrons. The molecular weight excluding hydrogens is 266 g/mol. The number of hydrogen-bond acceptors (Lipinski definition) is 2. The normalized spacial score (nSPS) is 10.7. The zero-order valence-corrected chi connectivity index (χ0v) is 11.1. The number of nitrogens with one attached hydrogen (secondary N) is 1. The van der Waals surface area contributed by atoms with Gasteiger partial charge in [0.05, 0.1) is 5.84 Å². The van der Waals surface area contributed by atoms with Crippen LogP contribution in [0.25, 0.3) is 0 Å². The summed E-state index contributed by atoms with van der Waals surface area (Å²) in [4.78, 5) is 2.28. The van der Waals surface area contributed by atoms with Crippen LogP contribution in [0.5, 0.6) is 0 Å². The Bertz CT molecular complexity index is 352. The van der Waals surface area contributed by atoms with Crippen LogP contribution in [0, 0.1) is 5.41 Å². The Hall–Kier alpha value is -0.870. The van der Waals surface area contributed by atoms with Gasteiger partial charge in [0, 0.05) is 24.0 Å². The third-order valence-electron chi connectivity index (χ3n) is 2.44. The van der Waals surface area contributed by atoms with Crippen LogP contribution in [0.2, 0.25) is 0 Å². The minimum absolute atomic E-state index is 0.257. The molecule has 0 aliphatic heterocycles. The Kier molecular flexibility index (Phi) is 5.49.